The Morgan fingerprint density at radius 2 is 1.59 bits per heavy atom. The largest absolute Gasteiger partial charge is 0.416 e. The average molecular weight is 445 g/mol. The van der Waals surface area contributed by atoms with E-state index in [0.717, 1.165) is 12.1 Å². The predicted octanol–water partition coefficient (Wildman–Crippen LogP) is 4.88. The maximum atomic E-state index is 13.7. The zero-order valence-corrected chi connectivity index (χ0v) is 17.7. The van der Waals surface area contributed by atoms with Crippen molar-refractivity contribution in [1.82, 2.24) is 4.90 Å². The number of halogens is 3. The van der Waals surface area contributed by atoms with E-state index in [2.05, 4.69) is 0 Å². The molecule has 2 aromatic rings. The Morgan fingerprint density at radius 1 is 0.938 bits per heavy atom. The molecule has 0 unspecified atom stereocenters. The van der Waals surface area contributed by atoms with Crippen molar-refractivity contribution < 1.29 is 27.5 Å². The second-order valence-electron chi connectivity index (χ2n) is 8.57. The molecule has 2 aromatic carbocycles. The van der Waals surface area contributed by atoms with Crippen LogP contribution in [0.5, 0.6) is 0 Å². The standard InChI is InChI=1S/C25H26F3NO3/c26-25(27,28)21-8-4-7-20(17-21)24(11-15-32-16-12-24)23(31)29-13-9-19(10-14-29)22(30)18-5-2-1-3-6-18/h1-8,17,19H,9-16H2. The number of rotatable bonds is 4. The molecular formula is C25H26F3NO3. The van der Waals surface area contributed by atoms with Crippen LogP contribution in [-0.2, 0) is 21.1 Å². The molecule has 0 N–H and O–H groups in total. The van der Waals surface area contributed by atoms with Gasteiger partial charge in [0.25, 0.3) is 0 Å². The molecule has 2 heterocycles. The van der Waals surface area contributed by atoms with Crippen molar-refractivity contribution in [3.05, 3.63) is 71.3 Å². The van der Waals surface area contributed by atoms with E-state index in [1.54, 1.807) is 23.1 Å². The molecular weight excluding hydrogens is 419 g/mol. The lowest BCUT2D eigenvalue weighted by atomic mass is 9.72. The highest BCUT2D eigenvalue weighted by Crippen LogP contribution is 2.40. The van der Waals surface area contributed by atoms with Crippen LogP contribution in [0.2, 0.25) is 0 Å². The third-order valence-electron chi connectivity index (χ3n) is 6.71. The number of benzene rings is 2. The molecule has 2 saturated heterocycles. The third-order valence-corrected chi connectivity index (χ3v) is 6.71. The van der Waals surface area contributed by atoms with Gasteiger partial charge in [0.1, 0.15) is 0 Å². The van der Waals surface area contributed by atoms with Crippen molar-refractivity contribution in [2.75, 3.05) is 26.3 Å². The Morgan fingerprint density at radius 3 is 2.22 bits per heavy atom. The number of hydrogen-bond acceptors (Lipinski definition) is 3. The summed E-state index contributed by atoms with van der Waals surface area (Å²) < 4.78 is 45.4. The summed E-state index contributed by atoms with van der Waals surface area (Å²) in [6.07, 6.45) is -2.68. The zero-order valence-electron chi connectivity index (χ0n) is 17.7. The van der Waals surface area contributed by atoms with Gasteiger partial charge in [-0.2, -0.15) is 13.2 Å². The Kier molecular flexibility index (Phi) is 6.38. The predicted molar refractivity (Wildman–Crippen MR) is 113 cm³/mol. The number of ether oxygens (including phenoxy) is 1. The van der Waals surface area contributed by atoms with Gasteiger partial charge in [0, 0.05) is 37.8 Å². The fraction of sp³-hybridized carbons (Fsp3) is 0.440. The molecule has 0 bridgehead atoms. The minimum absolute atomic E-state index is 0.0800. The quantitative estimate of drug-likeness (QED) is 0.631. The van der Waals surface area contributed by atoms with Crippen LogP contribution in [-0.4, -0.2) is 42.9 Å². The van der Waals surface area contributed by atoms with Crippen molar-refractivity contribution >= 4 is 11.7 Å². The number of amides is 1. The molecule has 1 amide bonds. The van der Waals surface area contributed by atoms with Crippen LogP contribution >= 0.6 is 0 Å². The first-order chi connectivity index (χ1) is 15.3. The average Bonchev–Trinajstić information content (AvgIpc) is 2.84. The molecule has 2 aliphatic heterocycles. The summed E-state index contributed by atoms with van der Waals surface area (Å²) >= 11 is 0. The Bertz CT molecular complexity index is 960. The molecule has 2 aliphatic rings. The van der Waals surface area contributed by atoms with Gasteiger partial charge in [0.2, 0.25) is 5.91 Å². The monoisotopic (exact) mass is 445 g/mol. The SMILES string of the molecule is O=C(c1ccccc1)C1CCN(C(=O)C2(c3cccc(C(F)(F)F)c3)CCOCC2)CC1. The fourth-order valence-electron chi connectivity index (χ4n) is 4.82. The number of likely N-dealkylation sites (tertiary alicyclic amines) is 1. The molecule has 32 heavy (non-hydrogen) atoms. The van der Waals surface area contributed by atoms with Crippen LogP contribution in [0.3, 0.4) is 0 Å². The highest BCUT2D eigenvalue weighted by Gasteiger charge is 2.46. The topological polar surface area (TPSA) is 46.6 Å². The van der Waals surface area contributed by atoms with Crippen molar-refractivity contribution in [2.45, 2.75) is 37.3 Å². The molecule has 0 aliphatic carbocycles. The van der Waals surface area contributed by atoms with Crippen LogP contribution in [0.15, 0.2) is 54.6 Å². The third kappa shape index (κ3) is 4.44. The van der Waals surface area contributed by atoms with Gasteiger partial charge in [-0.1, -0.05) is 48.5 Å². The van der Waals surface area contributed by atoms with E-state index in [-0.39, 0.29) is 17.6 Å². The summed E-state index contributed by atoms with van der Waals surface area (Å²) in [7, 11) is 0. The summed E-state index contributed by atoms with van der Waals surface area (Å²) in [6.45, 7) is 1.49. The van der Waals surface area contributed by atoms with Gasteiger partial charge in [0.05, 0.1) is 11.0 Å². The number of nitrogens with zero attached hydrogens (tertiary/aromatic N) is 1. The second-order valence-corrected chi connectivity index (χ2v) is 8.57. The van der Waals surface area contributed by atoms with Gasteiger partial charge in [-0.3, -0.25) is 9.59 Å². The van der Waals surface area contributed by atoms with Gasteiger partial charge < -0.3 is 9.64 Å². The van der Waals surface area contributed by atoms with E-state index in [9.17, 15) is 22.8 Å². The molecule has 0 spiro atoms. The van der Waals surface area contributed by atoms with Gasteiger partial charge in [-0.25, -0.2) is 0 Å². The Hall–Kier alpha value is -2.67. The number of alkyl halides is 3. The Labute approximate surface area is 185 Å². The van der Waals surface area contributed by atoms with Crippen molar-refractivity contribution in [1.29, 1.82) is 0 Å². The number of piperidine rings is 1. The molecule has 4 rings (SSSR count). The molecule has 7 heteroatoms. The van der Waals surface area contributed by atoms with Gasteiger partial charge in [-0.15, -0.1) is 0 Å². The van der Waals surface area contributed by atoms with Crippen LogP contribution in [0.25, 0.3) is 0 Å². The number of Topliss-reactive ketones (excluding diaryl/α,β-unsaturated/α-hetero) is 1. The lowest BCUT2D eigenvalue weighted by Gasteiger charge is -2.42. The highest BCUT2D eigenvalue weighted by atomic mass is 19.4. The lowest BCUT2D eigenvalue weighted by Crippen LogP contribution is -2.52. The lowest BCUT2D eigenvalue weighted by molar-refractivity contribution is -0.143. The van der Waals surface area contributed by atoms with E-state index in [1.165, 1.54) is 6.07 Å². The van der Waals surface area contributed by atoms with E-state index in [0.29, 0.717) is 63.1 Å². The van der Waals surface area contributed by atoms with Crippen LogP contribution < -0.4 is 0 Å². The van der Waals surface area contributed by atoms with E-state index < -0.39 is 17.2 Å². The molecule has 2 fully saturated rings. The molecule has 4 nitrogen and oxygen atoms in total. The van der Waals surface area contributed by atoms with Crippen molar-refractivity contribution in [2.24, 2.45) is 5.92 Å². The molecule has 0 atom stereocenters. The minimum Gasteiger partial charge on any atom is -0.381 e. The first-order valence-electron chi connectivity index (χ1n) is 11.0. The molecule has 0 saturated carbocycles. The van der Waals surface area contributed by atoms with Gasteiger partial charge >= 0.3 is 6.18 Å². The fourth-order valence-corrected chi connectivity index (χ4v) is 4.82. The number of carbonyl (C=O) groups excluding carboxylic acids is 2. The Balaban J connectivity index is 1.53. The first-order valence-corrected chi connectivity index (χ1v) is 11.0. The normalized spacial score (nSPS) is 19.5. The van der Waals surface area contributed by atoms with E-state index in [4.69, 9.17) is 4.74 Å². The van der Waals surface area contributed by atoms with Crippen LogP contribution in [0.1, 0.15) is 47.2 Å². The first kappa shape index (κ1) is 22.5. The summed E-state index contributed by atoms with van der Waals surface area (Å²) in [4.78, 5) is 28.2. The summed E-state index contributed by atoms with van der Waals surface area (Å²) in [5, 5.41) is 0. The van der Waals surface area contributed by atoms with Gasteiger partial charge in [0.15, 0.2) is 5.78 Å². The van der Waals surface area contributed by atoms with E-state index >= 15 is 0 Å². The minimum atomic E-state index is -4.47. The highest BCUT2D eigenvalue weighted by molar-refractivity contribution is 5.98. The van der Waals surface area contributed by atoms with Crippen molar-refractivity contribution in [3.8, 4) is 0 Å². The zero-order chi connectivity index (χ0) is 22.8. The van der Waals surface area contributed by atoms with Crippen molar-refractivity contribution in [3.63, 3.8) is 0 Å². The maximum absolute atomic E-state index is 13.7. The second kappa shape index (κ2) is 9.06. The van der Waals surface area contributed by atoms with E-state index in [1.807, 2.05) is 18.2 Å². The van der Waals surface area contributed by atoms with Crippen LogP contribution in [0, 0.1) is 5.92 Å². The smallest absolute Gasteiger partial charge is 0.381 e. The van der Waals surface area contributed by atoms with Crippen LogP contribution in [0.4, 0.5) is 13.2 Å². The number of carbonyl (C=O) groups is 2. The summed E-state index contributed by atoms with van der Waals surface area (Å²) in [5.41, 5.74) is -0.721. The molecule has 0 aromatic heterocycles. The number of hydrogen-bond donors (Lipinski definition) is 0. The van der Waals surface area contributed by atoms with Gasteiger partial charge in [-0.05, 0) is 37.3 Å². The molecule has 0 radical (unpaired) electrons. The maximum Gasteiger partial charge on any atom is 0.416 e. The summed E-state index contributed by atoms with van der Waals surface area (Å²) in [5.74, 6) is -0.234. The summed E-state index contributed by atoms with van der Waals surface area (Å²) in [6, 6.07) is 14.2. The molecule has 170 valence electrons. The number of ketones is 1.